The molecule has 0 unspecified atom stereocenters. The van der Waals surface area contributed by atoms with Gasteiger partial charge in [0.15, 0.2) is 0 Å². The summed E-state index contributed by atoms with van der Waals surface area (Å²) in [6.45, 7) is 14.9. The first-order chi connectivity index (χ1) is 14.7. The number of amides is 1. The summed E-state index contributed by atoms with van der Waals surface area (Å²) in [5.74, 6) is 0.764. The number of ether oxygens (including phenoxy) is 1. The highest BCUT2D eigenvalue weighted by Crippen LogP contribution is 2.39. The number of fused-ring (bicyclic) bond motifs is 1. The monoisotopic (exact) mass is 458 g/mol. The van der Waals surface area contributed by atoms with E-state index in [0.29, 0.717) is 23.7 Å². The van der Waals surface area contributed by atoms with Gasteiger partial charge in [0, 0.05) is 12.6 Å². The molecule has 1 aliphatic rings. The molecule has 0 aliphatic carbocycles. The molecule has 0 saturated heterocycles. The van der Waals surface area contributed by atoms with E-state index in [1.54, 1.807) is 35.2 Å². The van der Waals surface area contributed by atoms with Gasteiger partial charge in [0.05, 0.1) is 21.7 Å². The molecule has 0 bridgehead atoms. The van der Waals surface area contributed by atoms with Crippen LogP contribution >= 0.6 is 0 Å². The summed E-state index contributed by atoms with van der Waals surface area (Å²) in [7, 11) is -3.76. The highest BCUT2D eigenvalue weighted by molar-refractivity contribution is 7.92. The Labute approximate surface area is 192 Å². The van der Waals surface area contributed by atoms with Crippen LogP contribution in [0.25, 0.3) is 0 Å². The molecular weight excluding hydrogens is 424 g/mol. The van der Waals surface area contributed by atoms with Crippen LogP contribution in [0.3, 0.4) is 0 Å². The number of benzene rings is 2. The Morgan fingerprint density at radius 3 is 2.28 bits per heavy atom. The minimum atomic E-state index is -3.76. The molecule has 1 aliphatic heterocycles. The molecule has 0 aromatic heterocycles. The summed E-state index contributed by atoms with van der Waals surface area (Å²) in [4.78, 5) is 15.0. The third-order valence-corrected chi connectivity index (χ3v) is 6.89. The Balaban J connectivity index is 1.91. The molecule has 0 spiro atoms. The van der Waals surface area contributed by atoms with Gasteiger partial charge in [-0.05, 0) is 55.0 Å². The fourth-order valence-corrected chi connectivity index (χ4v) is 4.65. The second-order valence-corrected chi connectivity index (χ2v) is 12.2. The molecule has 0 saturated carbocycles. The molecule has 1 N–H and O–H groups in total. The van der Waals surface area contributed by atoms with Gasteiger partial charge in [-0.15, -0.1) is 0 Å². The van der Waals surface area contributed by atoms with E-state index in [-0.39, 0.29) is 28.7 Å². The van der Waals surface area contributed by atoms with Crippen molar-refractivity contribution in [2.45, 2.75) is 58.8 Å². The number of carbonyl (C=O) groups is 1. The van der Waals surface area contributed by atoms with Gasteiger partial charge >= 0.3 is 0 Å². The Morgan fingerprint density at radius 1 is 1.09 bits per heavy atom. The predicted octanol–water partition coefficient (Wildman–Crippen LogP) is 5.19. The molecule has 2 aromatic rings. The number of carbonyl (C=O) groups excluding carboxylic acids is 1. The molecule has 1 heterocycles. The molecule has 3 rings (SSSR count). The SMILES string of the molecule is CC(C)CN1C(=O)C(C)(C)COc2cc(NS(=O)(=O)c3ccc(C(C)(C)C)cc3)ccc21. The standard InChI is InChI=1S/C25H34N2O4S/c1-17(2)15-27-21-13-10-19(14-22(21)31-16-25(6,7)23(27)28)26-32(29,30)20-11-8-18(9-12-20)24(3,4)5/h8-14,17,26H,15-16H2,1-7H3. The summed E-state index contributed by atoms with van der Waals surface area (Å²) in [5, 5.41) is 0. The van der Waals surface area contributed by atoms with Crippen molar-refractivity contribution in [2.75, 3.05) is 22.8 Å². The smallest absolute Gasteiger partial charge is 0.261 e. The summed E-state index contributed by atoms with van der Waals surface area (Å²) < 4.78 is 34.5. The van der Waals surface area contributed by atoms with E-state index in [1.807, 2.05) is 26.0 Å². The fraction of sp³-hybridized carbons (Fsp3) is 0.480. The lowest BCUT2D eigenvalue weighted by Gasteiger charge is -2.29. The van der Waals surface area contributed by atoms with Crippen LogP contribution in [0.1, 0.15) is 54.0 Å². The van der Waals surface area contributed by atoms with Crippen molar-refractivity contribution in [3.8, 4) is 5.75 Å². The molecule has 2 aromatic carbocycles. The van der Waals surface area contributed by atoms with E-state index in [9.17, 15) is 13.2 Å². The van der Waals surface area contributed by atoms with Crippen LogP contribution in [0, 0.1) is 11.3 Å². The van der Waals surface area contributed by atoms with E-state index in [1.165, 1.54) is 0 Å². The van der Waals surface area contributed by atoms with Crippen LogP contribution in [0.2, 0.25) is 0 Å². The van der Waals surface area contributed by atoms with Crippen molar-refractivity contribution in [3.05, 3.63) is 48.0 Å². The van der Waals surface area contributed by atoms with E-state index in [4.69, 9.17) is 4.74 Å². The maximum Gasteiger partial charge on any atom is 0.261 e. The van der Waals surface area contributed by atoms with E-state index >= 15 is 0 Å². The van der Waals surface area contributed by atoms with Gasteiger partial charge in [0.2, 0.25) is 5.91 Å². The number of hydrogen-bond donors (Lipinski definition) is 1. The number of rotatable bonds is 5. The van der Waals surface area contributed by atoms with Gasteiger partial charge in [-0.1, -0.05) is 46.8 Å². The van der Waals surface area contributed by atoms with Gasteiger partial charge in [0.1, 0.15) is 12.4 Å². The van der Waals surface area contributed by atoms with Crippen LogP contribution < -0.4 is 14.4 Å². The van der Waals surface area contributed by atoms with Crippen molar-refractivity contribution in [2.24, 2.45) is 11.3 Å². The average Bonchev–Trinajstić information content (AvgIpc) is 2.77. The Kier molecular flexibility index (Phi) is 6.35. The molecule has 6 nitrogen and oxygen atoms in total. The van der Waals surface area contributed by atoms with Gasteiger partial charge in [0.25, 0.3) is 10.0 Å². The lowest BCUT2D eigenvalue weighted by atomic mass is 9.87. The topological polar surface area (TPSA) is 75.7 Å². The van der Waals surface area contributed by atoms with Crippen LogP contribution in [-0.4, -0.2) is 27.5 Å². The molecule has 174 valence electrons. The largest absolute Gasteiger partial charge is 0.490 e. The first-order valence-electron chi connectivity index (χ1n) is 10.9. The van der Waals surface area contributed by atoms with Gasteiger partial charge in [-0.2, -0.15) is 0 Å². The zero-order valence-corrected chi connectivity index (χ0v) is 20.8. The Bertz CT molecular complexity index is 1100. The zero-order valence-electron chi connectivity index (χ0n) is 20.0. The first-order valence-corrected chi connectivity index (χ1v) is 12.4. The Morgan fingerprint density at radius 2 is 1.72 bits per heavy atom. The van der Waals surface area contributed by atoms with Crippen LogP contribution in [0.15, 0.2) is 47.4 Å². The molecule has 7 heteroatoms. The van der Waals surface area contributed by atoms with E-state index in [2.05, 4.69) is 39.3 Å². The fourth-order valence-electron chi connectivity index (χ4n) is 3.61. The van der Waals surface area contributed by atoms with E-state index in [0.717, 1.165) is 5.56 Å². The zero-order chi connectivity index (χ0) is 23.9. The van der Waals surface area contributed by atoms with Crippen molar-refractivity contribution in [3.63, 3.8) is 0 Å². The number of anilines is 2. The van der Waals surface area contributed by atoms with Gasteiger partial charge in [-0.3, -0.25) is 9.52 Å². The summed E-state index contributed by atoms with van der Waals surface area (Å²) in [6, 6.07) is 12.0. The second kappa shape index (κ2) is 8.43. The number of nitrogens with one attached hydrogen (secondary N) is 1. The quantitative estimate of drug-likeness (QED) is 0.669. The Hall–Kier alpha value is -2.54. The van der Waals surface area contributed by atoms with Gasteiger partial charge < -0.3 is 9.64 Å². The lowest BCUT2D eigenvalue weighted by Crippen LogP contribution is -2.43. The minimum Gasteiger partial charge on any atom is -0.490 e. The highest BCUT2D eigenvalue weighted by atomic mass is 32.2. The molecular formula is C25H34N2O4S. The maximum atomic E-state index is 13.1. The summed E-state index contributed by atoms with van der Waals surface area (Å²) >= 11 is 0. The molecule has 0 radical (unpaired) electrons. The molecule has 0 fully saturated rings. The predicted molar refractivity (Wildman–Crippen MR) is 129 cm³/mol. The van der Waals surface area contributed by atoms with Crippen molar-refractivity contribution in [1.82, 2.24) is 0 Å². The molecule has 32 heavy (non-hydrogen) atoms. The van der Waals surface area contributed by atoms with Crippen molar-refractivity contribution in [1.29, 1.82) is 0 Å². The third-order valence-electron chi connectivity index (χ3n) is 5.49. The van der Waals surface area contributed by atoms with Crippen LogP contribution in [0.4, 0.5) is 11.4 Å². The van der Waals surface area contributed by atoms with Gasteiger partial charge in [-0.25, -0.2) is 8.42 Å². The lowest BCUT2D eigenvalue weighted by molar-refractivity contribution is -0.127. The molecule has 0 atom stereocenters. The van der Waals surface area contributed by atoms with Crippen LogP contribution in [-0.2, 0) is 20.2 Å². The number of sulfonamides is 1. The van der Waals surface area contributed by atoms with E-state index < -0.39 is 15.4 Å². The van der Waals surface area contributed by atoms with Crippen molar-refractivity contribution >= 4 is 27.3 Å². The minimum absolute atomic E-state index is 0.00258. The van der Waals surface area contributed by atoms with Crippen molar-refractivity contribution < 1.29 is 17.9 Å². The third kappa shape index (κ3) is 5.09. The highest BCUT2D eigenvalue weighted by Gasteiger charge is 2.38. The normalized spacial score (nSPS) is 16.4. The first kappa shape index (κ1) is 24.1. The number of hydrogen-bond acceptors (Lipinski definition) is 4. The second-order valence-electron chi connectivity index (χ2n) is 10.5. The maximum absolute atomic E-state index is 13.1. The summed E-state index contributed by atoms with van der Waals surface area (Å²) in [5.41, 5.74) is 1.37. The number of nitrogens with zero attached hydrogens (tertiary/aromatic N) is 1. The summed E-state index contributed by atoms with van der Waals surface area (Å²) in [6.07, 6.45) is 0. The molecule has 1 amide bonds. The average molecular weight is 459 g/mol. The van der Waals surface area contributed by atoms with Crippen LogP contribution in [0.5, 0.6) is 5.75 Å².